The predicted octanol–water partition coefficient (Wildman–Crippen LogP) is 3.12. The summed E-state index contributed by atoms with van der Waals surface area (Å²) in [6.45, 7) is 3.82. The smallest absolute Gasteiger partial charge is 0.258 e. The molecule has 0 aliphatic carbocycles. The van der Waals surface area contributed by atoms with Gasteiger partial charge in [-0.25, -0.2) is 0 Å². The predicted molar refractivity (Wildman–Crippen MR) is 106 cm³/mol. The summed E-state index contributed by atoms with van der Waals surface area (Å²) in [5.41, 5.74) is 6.86. The second-order valence-corrected chi connectivity index (χ2v) is 7.70. The summed E-state index contributed by atoms with van der Waals surface area (Å²) in [4.78, 5) is 27.6. The van der Waals surface area contributed by atoms with Gasteiger partial charge in [-0.3, -0.25) is 9.59 Å². The lowest BCUT2D eigenvalue weighted by Crippen LogP contribution is -2.35. The number of carbonyl (C=O) groups excluding carboxylic acids is 2. The minimum atomic E-state index is -0.427. The summed E-state index contributed by atoms with van der Waals surface area (Å²) in [5, 5.41) is 3.02. The van der Waals surface area contributed by atoms with Crippen LogP contribution in [0.15, 0.2) is 36.4 Å². The number of nitrogens with two attached hydrogens (primary N) is 1. The first-order chi connectivity index (χ1) is 12.6. The fraction of sp³-hybridized carbons (Fsp3) is 0.400. The number of likely N-dealkylation sites (tertiary alicyclic amines) is 1. The number of hydrogen-bond donors (Lipinski definition) is 2. The number of nitrogens with zero attached hydrogens (tertiary/aromatic N) is 1. The summed E-state index contributed by atoms with van der Waals surface area (Å²) < 4.78 is 0. The molecular formula is C20H25N3O2S. The molecule has 0 spiro atoms. The lowest BCUT2D eigenvalue weighted by atomic mass is 10.1. The summed E-state index contributed by atoms with van der Waals surface area (Å²) >= 11 is 1.34. The maximum atomic E-state index is 12.5. The van der Waals surface area contributed by atoms with E-state index < -0.39 is 5.91 Å². The molecule has 2 aromatic rings. The molecule has 1 aliphatic rings. The molecule has 2 heterocycles. The molecule has 0 atom stereocenters. The van der Waals surface area contributed by atoms with Crippen molar-refractivity contribution in [1.29, 1.82) is 0 Å². The number of thiophene rings is 1. The van der Waals surface area contributed by atoms with Crippen molar-refractivity contribution in [3.8, 4) is 10.4 Å². The third-order valence-corrected chi connectivity index (χ3v) is 5.82. The van der Waals surface area contributed by atoms with Crippen LogP contribution < -0.4 is 11.1 Å². The third kappa shape index (κ3) is 4.93. The molecule has 2 amide bonds. The van der Waals surface area contributed by atoms with E-state index in [4.69, 9.17) is 5.73 Å². The molecule has 1 fully saturated rings. The van der Waals surface area contributed by atoms with Crippen LogP contribution in [0.3, 0.4) is 0 Å². The van der Waals surface area contributed by atoms with Crippen LogP contribution in [0, 0.1) is 0 Å². The molecule has 0 bridgehead atoms. The highest BCUT2D eigenvalue weighted by atomic mass is 32.1. The maximum Gasteiger partial charge on any atom is 0.258 e. The Kier molecular flexibility index (Phi) is 6.41. The number of nitrogens with one attached hydrogen (secondary N) is 1. The van der Waals surface area contributed by atoms with E-state index in [1.54, 1.807) is 6.07 Å². The van der Waals surface area contributed by atoms with Gasteiger partial charge in [0.2, 0.25) is 0 Å². The summed E-state index contributed by atoms with van der Waals surface area (Å²) in [5.74, 6) is -0.489. The van der Waals surface area contributed by atoms with Crippen LogP contribution in [0.25, 0.3) is 10.4 Å². The van der Waals surface area contributed by atoms with Gasteiger partial charge in [0.1, 0.15) is 0 Å². The highest BCUT2D eigenvalue weighted by molar-refractivity contribution is 7.17. The first kappa shape index (κ1) is 18.6. The molecule has 138 valence electrons. The van der Waals surface area contributed by atoms with E-state index >= 15 is 0 Å². The zero-order chi connectivity index (χ0) is 18.4. The zero-order valence-electron chi connectivity index (χ0n) is 14.9. The molecule has 0 radical (unpaired) electrons. The molecular weight excluding hydrogens is 346 g/mol. The number of amides is 2. The Morgan fingerprint density at radius 1 is 1.08 bits per heavy atom. The molecule has 5 nitrogen and oxygen atoms in total. The Hall–Kier alpha value is -2.18. The van der Waals surface area contributed by atoms with Gasteiger partial charge >= 0.3 is 0 Å². The van der Waals surface area contributed by atoms with Crippen molar-refractivity contribution < 1.29 is 9.59 Å². The van der Waals surface area contributed by atoms with E-state index in [0.717, 1.165) is 30.1 Å². The van der Waals surface area contributed by atoms with Crippen LogP contribution >= 0.6 is 11.3 Å². The topological polar surface area (TPSA) is 75.4 Å². The number of carbonyl (C=O) groups is 2. The Morgan fingerprint density at radius 2 is 1.85 bits per heavy atom. The van der Waals surface area contributed by atoms with Gasteiger partial charge in [0.05, 0.1) is 4.88 Å². The maximum absolute atomic E-state index is 12.5. The summed E-state index contributed by atoms with van der Waals surface area (Å²) in [7, 11) is 0. The SMILES string of the molecule is NC(=O)c1ccc(-c2cccc(C(=O)NCCN3CCCCCC3)c2)s1. The molecule has 0 unspecified atom stereocenters. The van der Waals surface area contributed by atoms with Crippen molar-refractivity contribution >= 4 is 23.2 Å². The van der Waals surface area contributed by atoms with Crippen LogP contribution in [0.5, 0.6) is 0 Å². The fourth-order valence-corrected chi connectivity index (χ4v) is 4.08. The molecule has 1 aliphatic heterocycles. The lowest BCUT2D eigenvalue weighted by molar-refractivity contribution is 0.0947. The normalized spacial score (nSPS) is 15.4. The first-order valence-corrected chi connectivity index (χ1v) is 9.96. The number of hydrogen-bond acceptors (Lipinski definition) is 4. The second kappa shape index (κ2) is 8.96. The first-order valence-electron chi connectivity index (χ1n) is 9.14. The van der Waals surface area contributed by atoms with Crippen LogP contribution in [-0.2, 0) is 0 Å². The van der Waals surface area contributed by atoms with Gasteiger partial charge in [-0.2, -0.15) is 0 Å². The Balaban J connectivity index is 1.58. The van der Waals surface area contributed by atoms with E-state index in [1.165, 1.54) is 37.0 Å². The second-order valence-electron chi connectivity index (χ2n) is 6.62. The minimum Gasteiger partial charge on any atom is -0.365 e. The largest absolute Gasteiger partial charge is 0.365 e. The van der Waals surface area contributed by atoms with Crippen molar-refractivity contribution in [1.82, 2.24) is 10.2 Å². The quantitative estimate of drug-likeness (QED) is 0.819. The molecule has 3 N–H and O–H groups in total. The van der Waals surface area contributed by atoms with Crippen molar-refractivity contribution in [2.45, 2.75) is 25.7 Å². The molecule has 1 aromatic carbocycles. The Morgan fingerprint density at radius 3 is 2.54 bits per heavy atom. The van der Waals surface area contributed by atoms with Gasteiger partial charge in [-0.1, -0.05) is 25.0 Å². The molecule has 1 saturated heterocycles. The Labute approximate surface area is 158 Å². The van der Waals surface area contributed by atoms with E-state index in [-0.39, 0.29) is 5.91 Å². The standard InChI is InChI=1S/C20H25N3O2S/c21-19(24)18-9-8-17(26-18)15-6-5-7-16(14-15)20(25)22-10-13-23-11-3-1-2-4-12-23/h5-9,14H,1-4,10-13H2,(H2,21,24)(H,22,25). The molecule has 3 rings (SSSR count). The van der Waals surface area contributed by atoms with E-state index in [1.807, 2.05) is 30.3 Å². The lowest BCUT2D eigenvalue weighted by Gasteiger charge is -2.19. The molecule has 1 aromatic heterocycles. The van der Waals surface area contributed by atoms with Crippen LogP contribution in [0.2, 0.25) is 0 Å². The van der Waals surface area contributed by atoms with E-state index in [0.29, 0.717) is 17.0 Å². The van der Waals surface area contributed by atoms with Crippen molar-refractivity contribution in [2.75, 3.05) is 26.2 Å². The van der Waals surface area contributed by atoms with Gasteiger partial charge in [-0.05, 0) is 55.8 Å². The third-order valence-electron chi connectivity index (χ3n) is 4.67. The van der Waals surface area contributed by atoms with Gasteiger partial charge in [0, 0.05) is 23.5 Å². The monoisotopic (exact) mass is 371 g/mol. The van der Waals surface area contributed by atoms with Gasteiger partial charge in [-0.15, -0.1) is 11.3 Å². The van der Waals surface area contributed by atoms with Crippen molar-refractivity contribution in [2.24, 2.45) is 5.73 Å². The zero-order valence-corrected chi connectivity index (χ0v) is 15.7. The van der Waals surface area contributed by atoms with Crippen LogP contribution in [0.4, 0.5) is 0 Å². The van der Waals surface area contributed by atoms with Crippen LogP contribution in [-0.4, -0.2) is 42.9 Å². The van der Waals surface area contributed by atoms with Crippen LogP contribution in [0.1, 0.15) is 45.7 Å². The molecule has 0 saturated carbocycles. The number of rotatable bonds is 6. The molecule has 6 heteroatoms. The van der Waals surface area contributed by atoms with E-state index in [2.05, 4.69) is 10.2 Å². The Bertz CT molecular complexity index is 764. The van der Waals surface area contributed by atoms with Gasteiger partial charge in [0.15, 0.2) is 0 Å². The van der Waals surface area contributed by atoms with Crippen molar-refractivity contribution in [3.63, 3.8) is 0 Å². The minimum absolute atomic E-state index is 0.0617. The number of benzene rings is 1. The average Bonchev–Trinajstić information content (AvgIpc) is 3.01. The highest BCUT2D eigenvalue weighted by Crippen LogP contribution is 2.28. The summed E-state index contributed by atoms with van der Waals surface area (Å²) in [6, 6.07) is 11.1. The van der Waals surface area contributed by atoms with E-state index in [9.17, 15) is 9.59 Å². The number of primary amides is 1. The highest BCUT2D eigenvalue weighted by Gasteiger charge is 2.12. The van der Waals surface area contributed by atoms with Crippen molar-refractivity contribution in [3.05, 3.63) is 46.8 Å². The summed E-state index contributed by atoms with van der Waals surface area (Å²) in [6.07, 6.45) is 5.14. The van der Waals surface area contributed by atoms with Gasteiger partial charge in [0.25, 0.3) is 11.8 Å². The van der Waals surface area contributed by atoms with Gasteiger partial charge < -0.3 is 16.0 Å². The average molecular weight is 372 g/mol. The molecule has 26 heavy (non-hydrogen) atoms. The fourth-order valence-electron chi connectivity index (χ4n) is 3.23.